The van der Waals surface area contributed by atoms with Gasteiger partial charge in [0.1, 0.15) is 12.4 Å². The van der Waals surface area contributed by atoms with Crippen molar-refractivity contribution in [3.05, 3.63) is 34.4 Å². The predicted molar refractivity (Wildman–Crippen MR) is 101 cm³/mol. The molecule has 3 N–H and O–H groups in total. The molecule has 0 aliphatic rings. The molecule has 2 rings (SSSR count). The molecule has 0 saturated heterocycles. The number of nitrogens with zero attached hydrogens (tertiary/aromatic N) is 2. The summed E-state index contributed by atoms with van der Waals surface area (Å²) in [6, 6.07) is 4.76. The highest BCUT2D eigenvalue weighted by molar-refractivity contribution is 7.71. The van der Waals surface area contributed by atoms with E-state index in [2.05, 4.69) is 21.0 Å². The van der Waals surface area contributed by atoms with Crippen LogP contribution in [-0.2, 0) is 17.8 Å². The van der Waals surface area contributed by atoms with Crippen LogP contribution in [0.1, 0.15) is 36.5 Å². The van der Waals surface area contributed by atoms with Gasteiger partial charge in [-0.05, 0) is 43.8 Å². The van der Waals surface area contributed by atoms with E-state index in [1.165, 1.54) is 13.2 Å². The van der Waals surface area contributed by atoms with Crippen molar-refractivity contribution in [1.29, 1.82) is 0 Å². The summed E-state index contributed by atoms with van der Waals surface area (Å²) in [5, 5.41) is 6.77. The number of aromatic amines is 1. The van der Waals surface area contributed by atoms with Crippen molar-refractivity contribution in [2.45, 2.75) is 33.2 Å². The van der Waals surface area contributed by atoms with E-state index in [0.717, 1.165) is 6.42 Å². The SMILES string of the molecule is CCCc1n[nH]c(=S)n1CC(=O)NNC(=O)c1ccc(OCC)c(OC)c1. The number of carbonyl (C=O) groups excluding carboxylic acids is 2. The molecule has 0 unspecified atom stereocenters. The topological polar surface area (TPSA) is 110 Å². The minimum absolute atomic E-state index is 0.0441. The molecule has 0 saturated carbocycles. The summed E-state index contributed by atoms with van der Waals surface area (Å²) >= 11 is 5.13. The summed E-state index contributed by atoms with van der Waals surface area (Å²) in [6.45, 7) is 4.30. The average molecular weight is 393 g/mol. The molecule has 0 fully saturated rings. The first-order chi connectivity index (χ1) is 13.0. The van der Waals surface area contributed by atoms with Gasteiger partial charge < -0.3 is 9.47 Å². The zero-order chi connectivity index (χ0) is 19.8. The molecule has 2 amide bonds. The van der Waals surface area contributed by atoms with Crippen LogP contribution in [0.15, 0.2) is 18.2 Å². The van der Waals surface area contributed by atoms with Crippen molar-refractivity contribution in [2.24, 2.45) is 0 Å². The number of aryl methyl sites for hydroxylation is 1. The van der Waals surface area contributed by atoms with Gasteiger partial charge in [-0.15, -0.1) is 0 Å². The second-order valence-corrected chi connectivity index (χ2v) is 5.97. The van der Waals surface area contributed by atoms with Crippen LogP contribution < -0.4 is 20.3 Å². The third-order valence-corrected chi connectivity index (χ3v) is 3.97. The van der Waals surface area contributed by atoms with Gasteiger partial charge in [0.25, 0.3) is 11.8 Å². The molecule has 9 nitrogen and oxygen atoms in total. The van der Waals surface area contributed by atoms with E-state index >= 15 is 0 Å². The van der Waals surface area contributed by atoms with E-state index in [1.807, 2.05) is 13.8 Å². The maximum Gasteiger partial charge on any atom is 0.269 e. The van der Waals surface area contributed by atoms with Gasteiger partial charge in [0.2, 0.25) is 0 Å². The number of benzene rings is 1. The van der Waals surface area contributed by atoms with E-state index < -0.39 is 11.8 Å². The second-order valence-electron chi connectivity index (χ2n) is 5.58. The standard InChI is InChI=1S/C17H23N5O4S/c1-4-6-14-18-21-17(27)22(14)10-15(23)19-20-16(24)11-7-8-12(26-5-2)13(9-11)25-3/h7-9H,4-6,10H2,1-3H3,(H,19,23)(H,20,24)(H,21,27). The average Bonchev–Trinajstić information content (AvgIpc) is 3.00. The Morgan fingerprint density at radius 2 is 2.04 bits per heavy atom. The Labute approximate surface area is 162 Å². The first-order valence-electron chi connectivity index (χ1n) is 8.54. The van der Waals surface area contributed by atoms with Crippen molar-refractivity contribution in [3.63, 3.8) is 0 Å². The van der Waals surface area contributed by atoms with E-state index in [9.17, 15) is 9.59 Å². The van der Waals surface area contributed by atoms with Gasteiger partial charge in [-0.3, -0.25) is 30.1 Å². The van der Waals surface area contributed by atoms with Gasteiger partial charge in [-0.2, -0.15) is 5.10 Å². The number of hydrazine groups is 1. The Balaban J connectivity index is 1.98. The van der Waals surface area contributed by atoms with E-state index in [4.69, 9.17) is 21.7 Å². The van der Waals surface area contributed by atoms with Crippen LogP contribution in [0, 0.1) is 4.77 Å². The van der Waals surface area contributed by atoms with Gasteiger partial charge >= 0.3 is 0 Å². The highest BCUT2D eigenvalue weighted by atomic mass is 32.1. The van der Waals surface area contributed by atoms with Crippen molar-refractivity contribution < 1.29 is 19.1 Å². The first-order valence-corrected chi connectivity index (χ1v) is 8.95. The van der Waals surface area contributed by atoms with Crippen molar-refractivity contribution in [1.82, 2.24) is 25.6 Å². The Bertz CT molecular complexity index is 861. The molecule has 0 aliphatic heterocycles. The minimum atomic E-state index is -0.478. The predicted octanol–water partition coefficient (Wildman–Crippen LogP) is 1.76. The number of amides is 2. The van der Waals surface area contributed by atoms with E-state index in [0.29, 0.717) is 40.7 Å². The lowest BCUT2D eigenvalue weighted by atomic mass is 10.2. The molecule has 2 aromatic rings. The summed E-state index contributed by atoms with van der Waals surface area (Å²) in [5.74, 6) is 0.772. The molecule has 0 aliphatic carbocycles. The monoisotopic (exact) mass is 393 g/mol. The zero-order valence-electron chi connectivity index (χ0n) is 15.5. The Morgan fingerprint density at radius 1 is 1.26 bits per heavy atom. The summed E-state index contributed by atoms with van der Waals surface area (Å²) in [7, 11) is 1.49. The fourth-order valence-electron chi connectivity index (χ4n) is 2.39. The lowest BCUT2D eigenvalue weighted by Gasteiger charge is -2.12. The molecule has 0 spiro atoms. The highest BCUT2D eigenvalue weighted by Gasteiger charge is 2.13. The fraction of sp³-hybridized carbons (Fsp3) is 0.412. The highest BCUT2D eigenvalue weighted by Crippen LogP contribution is 2.27. The molecular formula is C17H23N5O4S. The van der Waals surface area contributed by atoms with Gasteiger partial charge in [0.05, 0.1) is 13.7 Å². The molecule has 27 heavy (non-hydrogen) atoms. The smallest absolute Gasteiger partial charge is 0.269 e. The van der Waals surface area contributed by atoms with Crippen molar-refractivity contribution in [3.8, 4) is 11.5 Å². The van der Waals surface area contributed by atoms with E-state index in [1.54, 1.807) is 16.7 Å². The first kappa shape index (κ1) is 20.4. The summed E-state index contributed by atoms with van der Waals surface area (Å²) in [4.78, 5) is 24.4. The normalized spacial score (nSPS) is 10.3. The van der Waals surface area contributed by atoms with Crippen LogP contribution in [0.2, 0.25) is 0 Å². The third-order valence-electron chi connectivity index (χ3n) is 3.65. The van der Waals surface area contributed by atoms with Gasteiger partial charge in [0.15, 0.2) is 16.3 Å². The number of ether oxygens (including phenoxy) is 2. The third kappa shape index (κ3) is 5.30. The van der Waals surface area contributed by atoms with Crippen LogP contribution in [0.4, 0.5) is 0 Å². The molecule has 0 radical (unpaired) electrons. The summed E-state index contributed by atoms with van der Waals surface area (Å²) in [5.41, 5.74) is 5.07. The number of H-pyrrole nitrogens is 1. The molecule has 146 valence electrons. The van der Waals surface area contributed by atoms with Crippen LogP contribution in [-0.4, -0.2) is 40.3 Å². The van der Waals surface area contributed by atoms with E-state index in [-0.39, 0.29) is 6.54 Å². The number of hydrogen-bond acceptors (Lipinski definition) is 6. The lowest BCUT2D eigenvalue weighted by Crippen LogP contribution is -2.43. The van der Waals surface area contributed by atoms with Crippen molar-refractivity contribution >= 4 is 24.0 Å². The van der Waals surface area contributed by atoms with Gasteiger partial charge in [-0.25, -0.2) is 0 Å². The summed E-state index contributed by atoms with van der Waals surface area (Å²) < 4.78 is 12.6. The Hall–Kier alpha value is -2.88. The van der Waals surface area contributed by atoms with Crippen molar-refractivity contribution in [2.75, 3.05) is 13.7 Å². The molecule has 1 aromatic heterocycles. The largest absolute Gasteiger partial charge is 0.493 e. The zero-order valence-corrected chi connectivity index (χ0v) is 16.3. The fourth-order valence-corrected chi connectivity index (χ4v) is 2.61. The second kappa shape index (κ2) is 9.72. The maximum atomic E-state index is 12.3. The molecule has 0 bridgehead atoms. The molecule has 1 aromatic carbocycles. The summed E-state index contributed by atoms with van der Waals surface area (Å²) in [6.07, 6.45) is 1.57. The number of aromatic nitrogens is 3. The number of methoxy groups -OCH3 is 1. The number of rotatable bonds is 8. The Morgan fingerprint density at radius 3 is 2.70 bits per heavy atom. The van der Waals surface area contributed by atoms with Crippen LogP contribution in [0.3, 0.4) is 0 Å². The van der Waals surface area contributed by atoms with Gasteiger partial charge in [0, 0.05) is 12.0 Å². The van der Waals surface area contributed by atoms with Crippen LogP contribution in [0.5, 0.6) is 11.5 Å². The molecule has 10 heteroatoms. The van der Waals surface area contributed by atoms with Crippen LogP contribution >= 0.6 is 12.2 Å². The quantitative estimate of drug-likeness (QED) is 0.466. The molecule has 0 atom stereocenters. The number of carbonyl (C=O) groups is 2. The van der Waals surface area contributed by atoms with Gasteiger partial charge in [-0.1, -0.05) is 6.92 Å². The maximum absolute atomic E-state index is 12.3. The molecular weight excluding hydrogens is 370 g/mol. The molecule has 1 heterocycles. The number of nitrogens with one attached hydrogen (secondary N) is 3. The lowest BCUT2D eigenvalue weighted by molar-refractivity contribution is -0.122. The Kier molecular flexibility index (Phi) is 7.35. The van der Waals surface area contributed by atoms with Crippen LogP contribution in [0.25, 0.3) is 0 Å². The minimum Gasteiger partial charge on any atom is -0.493 e. The number of hydrogen-bond donors (Lipinski definition) is 3.